The molecule has 1 aromatic rings. The minimum Gasteiger partial charge on any atom is -0.493 e. The van der Waals surface area contributed by atoms with E-state index in [2.05, 4.69) is 6.92 Å². The monoisotopic (exact) mass is 266 g/mol. The van der Waals surface area contributed by atoms with Gasteiger partial charge in [0, 0.05) is 4.90 Å². The van der Waals surface area contributed by atoms with Crippen LogP contribution in [0.1, 0.15) is 38.2 Å². The van der Waals surface area contributed by atoms with E-state index in [1.165, 1.54) is 19.3 Å². The van der Waals surface area contributed by atoms with Gasteiger partial charge >= 0.3 is 0 Å². The fourth-order valence-electron chi connectivity index (χ4n) is 1.78. The Morgan fingerprint density at radius 2 is 2.11 bits per heavy atom. The highest BCUT2D eigenvalue weighted by Gasteiger charge is 2.11. The second kappa shape index (κ2) is 8.03. The summed E-state index contributed by atoms with van der Waals surface area (Å²) in [5, 5.41) is 7.65. The predicted molar refractivity (Wildman–Crippen MR) is 78.9 cm³/mol. The van der Waals surface area contributed by atoms with Gasteiger partial charge in [0.25, 0.3) is 0 Å². The molecule has 4 heteroatoms. The molecule has 100 valence electrons. The van der Waals surface area contributed by atoms with Crippen molar-refractivity contribution in [2.75, 3.05) is 12.9 Å². The molecule has 0 heterocycles. The normalized spacial score (nSPS) is 10.3. The van der Waals surface area contributed by atoms with Crippen LogP contribution in [0.5, 0.6) is 5.75 Å². The number of unbranched alkanes of at least 4 members (excludes halogenated alkanes) is 3. The fourth-order valence-corrected chi connectivity index (χ4v) is 2.41. The molecule has 0 atom stereocenters. The number of amidine groups is 1. The molecule has 0 bridgehead atoms. The highest BCUT2D eigenvalue weighted by atomic mass is 32.2. The Morgan fingerprint density at radius 1 is 1.33 bits per heavy atom. The highest BCUT2D eigenvalue weighted by Crippen LogP contribution is 2.28. The first-order valence-electron chi connectivity index (χ1n) is 6.34. The van der Waals surface area contributed by atoms with E-state index in [1.807, 2.05) is 24.5 Å². The zero-order valence-corrected chi connectivity index (χ0v) is 12.0. The first kappa shape index (κ1) is 14.9. The van der Waals surface area contributed by atoms with Crippen LogP contribution in [0, 0.1) is 5.41 Å². The lowest BCUT2D eigenvalue weighted by Crippen LogP contribution is -2.14. The van der Waals surface area contributed by atoms with Gasteiger partial charge in [0.1, 0.15) is 11.6 Å². The molecule has 1 rings (SSSR count). The summed E-state index contributed by atoms with van der Waals surface area (Å²) in [7, 11) is 0. The van der Waals surface area contributed by atoms with Crippen molar-refractivity contribution in [3.05, 3.63) is 23.8 Å². The van der Waals surface area contributed by atoms with Gasteiger partial charge in [-0.3, -0.25) is 5.41 Å². The van der Waals surface area contributed by atoms with E-state index in [9.17, 15) is 0 Å². The molecule has 0 saturated heterocycles. The molecule has 0 saturated carbocycles. The molecule has 0 aromatic heterocycles. The van der Waals surface area contributed by atoms with Crippen molar-refractivity contribution in [3.8, 4) is 5.75 Å². The molecule has 0 fully saturated rings. The summed E-state index contributed by atoms with van der Waals surface area (Å²) in [6, 6.07) is 5.79. The maximum absolute atomic E-state index is 7.65. The van der Waals surface area contributed by atoms with Gasteiger partial charge < -0.3 is 10.5 Å². The summed E-state index contributed by atoms with van der Waals surface area (Å²) in [6.07, 6.45) is 6.68. The summed E-state index contributed by atoms with van der Waals surface area (Å²) in [4.78, 5) is 0.994. The molecule has 3 nitrogen and oxygen atoms in total. The van der Waals surface area contributed by atoms with Crippen LogP contribution in [0.4, 0.5) is 0 Å². The smallest absolute Gasteiger partial charge is 0.131 e. The SMILES string of the molecule is CCCCCCOc1cccc(SC)c1C(=N)N. The lowest BCUT2D eigenvalue weighted by molar-refractivity contribution is 0.304. The first-order valence-corrected chi connectivity index (χ1v) is 7.57. The third-order valence-corrected chi connectivity index (χ3v) is 3.51. The average molecular weight is 266 g/mol. The second-order valence-corrected chi connectivity index (χ2v) is 5.00. The number of nitrogens with two attached hydrogens (primary N) is 1. The molecule has 0 unspecified atom stereocenters. The Labute approximate surface area is 114 Å². The van der Waals surface area contributed by atoms with E-state index in [0.717, 1.165) is 22.6 Å². The van der Waals surface area contributed by atoms with E-state index in [0.29, 0.717) is 6.61 Å². The van der Waals surface area contributed by atoms with Crippen molar-refractivity contribution in [3.63, 3.8) is 0 Å². The topological polar surface area (TPSA) is 59.1 Å². The summed E-state index contributed by atoms with van der Waals surface area (Å²) in [5.41, 5.74) is 6.36. The minimum absolute atomic E-state index is 0.0727. The quantitative estimate of drug-likeness (QED) is 0.327. The average Bonchev–Trinajstić information content (AvgIpc) is 2.37. The lowest BCUT2D eigenvalue weighted by atomic mass is 10.2. The molecular weight excluding hydrogens is 244 g/mol. The third kappa shape index (κ3) is 4.26. The van der Waals surface area contributed by atoms with Gasteiger partial charge in [0.2, 0.25) is 0 Å². The fraction of sp³-hybridized carbons (Fsp3) is 0.500. The number of nitrogen functional groups attached to an aromatic ring is 1. The summed E-state index contributed by atoms with van der Waals surface area (Å²) in [5.74, 6) is 0.800. The summed E-state index contributed by atoms with van der Waals surface area (Å²) >= 11 is 1.58. The van der Waals surface area contributed by atoms with E-state index in [-0.39, 0.29) is 5.84 Å². The van der Waals surface area contributed by atoms with Crippen LogP contribution in [0.25, 0.3) is 0 Å². The molecule has 0 spiro atoms. The molecule has 18 heavy (non-hydrogen) atoms. The van der Waals surface area contributed by atoms with Gasteiger partial charge in [-0.15, -0.1) is 11.8 Å². The number of rotatable bonds is 8. The lowest BCUT2D eigenvalue weighted by Gasteiger charge is -2.13. The van der Waals surface area contributed by atoms with Gasteiger partial charge in [0.15, 0.2) is 0 Å². The van der Waals surface area contributed by atoms with Crippen LogP contribution >= 0.6 is 11.8 Å². The largest absolute Gasteiger partial charge is 0.493 e. The Balaban J connectivity index is 2.67. The Hall–Kier alpha value is -1.16. The van der Waals surface area contributed by atoms with Crippen LogP contribution < -0.4 is 10.5 Å². The Morgan fingerprint density at radius 3 is 2.72 bits per heavy atom. The number of benzene rings is 1. The van der Waals surface area contributed by atoms with Gasteiger partial charge in [0.05, 0.1) is 12.2 Å². The zero-order valence-electron chi connectivity index (χ0n) is 11.2. The van der Waals surface area contributed by atoms with Crippen LogP contribution in [-0.4, -0.2) is 18.7 Å². The summed E-state index contributed by atoms with van der Waals surface area (Å²) < 4.78 is 5.75. The van der Waals surface area contributed by atoms with E-state index < -0.39 is 0 Å². The predicted octanol–water partition coefficient (Wildman–Crippen LogP) is 3.65. The van der Waals surface area contributed by atoms with Crippen molar-refractivity contribution < 1.29 is 4.74 Å². The molecule has 1 aromatic carbocycles. The van der Waals surface area contributed by atoms with Crippen LogP contribution in [-0.2, 0) is 0 Å². The minimum atomic E-state index is 0.0727. The molecule has 0 radical (unpaired) electrons. The number of nitrogens with one attached hydrogen (secondary N) is 1. The first-order chi connectivity index (χ1) is 8.70. The number of ether oxygens (including phenoxy) is 1. The van der Waals surface area contributed by atoms with Crippen molar-refractivity contribution in [1.82, 2.24) is 0 Å². The molecule has 3 N–H and O–H groups in total. The molecule has 0 amide bonds. The number of hydrogen-bond donors (Lipinski definition) is 2. The maximum atomic E-state index is 7.65. The van der Waals surface area contributed by atoms with Gasteiger partial charge in [-0.05, 0) is 24.8 Å². The second-order valence-electron chi connectivity index (χ2n) is 4.16. The van der Waals surface area contributed by atoms with Crippen LogP contribution in [0.2, 0.25) is 0 Å². The Kier molecular flexibility index (Phi) is 6.65. The maximum Gasteiger partial charge on any atom is 0.131 e. The van der Waals surface area contributed by atoms with Gasteiger partial charge in [-0.2, -0.15) is 0 Å². The van der Waals surface area contributed by atoms with Gasteiger partial charge in [-0.1, -0.05) is 32.3 Å². The standard InChI is InChI=1S/C14H22N2OS/c1-3-4-5-6-10-17-11-8-7-9-12(18-2)13(11)14(15)16/h7-9H,3-6,10H2,1-2H3,(H3,15,16). The number of thioether (sulfide) groups is 1. The highest BCUT2D eigenvalue weighted by molar-refractivity contribution is 7.98. The van der Waals surface area contributed by atoms with Gasteiger partial charge in [-0.25, -0.2) is 0 Å². The van der Waals surface area contributed by atoms with Crippen molar-refractivity contribution in [1.29, 1.82) is 5.41 Å². The number of hydrogen-bond acceptors (Lipinski definition) is 3. The molecule has 0 aliphatic rings. The van der Waals surface area contributed by atoms with E-state index >= 15 is 0 Å². The van der Waals surface area contributed by atoms with Crippen LogP contribution in [0.15, 0.2) is 23.1 Å². The molecule has 0 aliphatic carbocycles. The van der Waals surface area contributed by atoms with E-state index in [1.54, 1.807) is 11.8 Å². The van der Waals surface area contributed by atoms with Crippen molar-refractivity contribution >= 4 is 17.6 Å². The summed E-state index contributed by atoms with van der Waals surface area (Å²) in [6.45, 7) is 2.88. The van der Waals surface area contributed by atoms with Crippen molar-refractivity contribution in [2.24, 2.45) is 5.73 Å². The van der Waals surface area contributed by atoms with Crippen LogP contribution in [0.3, 0.4) is 0 Å². The third-order valence-electron chi connectivity index (χ3n) is 2.73. The van der Waals surface area contributed by atoms with Crippen molar-refractivity contribution in [2.45, 2.75) is 37.5 Å². The Bertz CT molecular complexity index is 393. The molecule has 0 aliphatic heterocycles. The zero-order chi connectivity index (χ0) is 13.4. The van der Waals surface area contributed by atoms with E-state index in [4.69, 9.17) is 15.9 Å². The molecular formula is C14H22N2OS.